The van der Waals surface area contributed by atoms with Crippen molar-refractivity contribution in [3.8, 4) is 0 Å². The van der Waals surface area contributed by atoms with E-state index in [1.54, 1.807) is 0 Å². The number of allylic oxidation sites excluding steroid dienone is 14. The molecular formula is C53H92O15P2. The molecule has 5 N–H and O–H groups in total. The average molecular weight is 1030 g/mol. The summed E-state index contributed by atoms with van der Waals surface area (Å²) in [5.41, 5.74) is 0. The molecule has 17 heteroatoms. The van der Waals surface area contributed by atoms with Crippen LogP contribution in [0.4, 0.5) is 0 Å². The summed E-state index contributed by atoms with van der Waals surface area (Å²) >= 11 is 0. The van der Waals surface area contributed by atoms with Gasteiger partial charge in [0.15, 0.2) is 0 Å². The van der Waals surface area contributed by atoms with Gasteiger partial charge in [0, 0.05) is 12.8 Å². The van der Waals surface area contributed by atoms with Crippen LogP contribution < -0.4 is 0 Å². The second kappa shape index (κ2) is 48.5. The van der Waals surface area contributed by atoms with Gasteiger partial charge in [-0.2, -0.15) is 0 Å². The fourth-order valence-corrected chi connectivity index (χ4v) is 7.85. The summed E-state index contributed by atoms with van der Waals surface area (Å²) in [6, 6.07) is 0. The molecule has 0 saturated carbocycles. The highest BCUT2D eigenvalue weighted by atomic mass is 31.2. The molecular weight excluding hydrogens is 939 g/mol. The molecule has 5 unspecified atom stereocenters. The minimum atomic E-state index is -4.80. The molecule has 0 aliphatic heterocycles. The Labute approximate surface area is 421 Å². The summed E-state index contributed by atoms with van der Waals surface area (Å²) in [4.78, 5) is 43.8. The molecule has 5 atom stereocenters. The highest BCUT2D eigenvalue weighted by Gasteiger charge is 2.28. The van der Waals surface area contributed by atoms with E-state index in [4.69, 9.17) is 9.47 Å². The van der Waals surface area contributed by atoms with E-state index in [2.05, 4.69) is 117 Å². The number of carbonyl (C=O) groups excluding carboxylic acids is 2. The van der Waals surface area contributed by atoms with E-state index >= 15 is 0 Å². The minimum Gasteiger partial charge on any atom is -0.463 e. The first-order valence-electron chi connectivity index (χ1n) is 25.9. The maximum absolute atomic E-state index is 12.2. The van der Waals surface area contributed by atoms with Crippen molar-refractivity contribution in [3.05, 3.63) is 85.1 Å². The lowest BCUT2D eigenvalue weighted by molar-refractivity contribution is -0.148. The Morgan fingerprint density at radius 2 is 0.614 bits per heavy atom. The Kier molecular flexibility index (Phi) is 46.6. The normalized spacial score (nSPS) is 15.6. The number of phosphoric ester groups is 2. The van der Waals surface area contributed by atoms with Crippen molar-refractivity contribution in [1.82, 2.24) is 0 Å². The molecule has 0 bridgehead atoms. The van der Waals surface area contributed by atoms with Crippen molar-refractivity contribution in [1.29, 1.82) is 0 Å². The lowest BCUT2D eigenvalue weighted by atomic mass is 10.1. The van der Waals surface area contributed by atoms with Crippen molar-refractivity contribution in [2.45, 2.75) is 199 Å². The van der Waals surface area contributed by atoms with Crippen LogP contribution in [0.1, 0.15) is 181 Å². The van der Waals surface area contributed by atoms with E-state index in [1.165, 1.54) is 44.9 Å². The molecule has 0 aliphatic carbocycles. The van der Waals surface area contributed by atoms with Crippen LogP contribution in [0.2, 0.25) is 0 Å². The van der Waals surface area contributed by atoms with Crippen LogP contribution in [0, 0.1) is 0 Å². The van der Waals surface area contributed by atoms with Gasteiger partial charge in [0.05, 0.1) is 26.4 Å². The summed E-state index contributed by atoms with van der Waals surface area (Å²) < 4.78 is 53.1. The van der Waals surface area contributed by atoms with Crippen molar-refractivity contribution >= 4 is 27.6 Å². The number of hydrogen-bond donors (Lipinski definition) is 5. The van der Waals surface area contributed by atoms with Gasteiger partial charge in [-0.3, -0.25) is 27.7 Å². The number of rotatable bonds is 49. The number of unbranched alkanes of at least 4 members (excludes halogenated alkanes) is 15. The van der Waals surface area contributed by atoms with Gasteiger partial charge in [-0.1, -0.05) is 157 Å². The number of esters is 2. The summed E-state index contributed by atoms with van der Waals surface area (Å²) in [6.45, 7) is 0.304. The largest absolute Gasteiger partial charge is 0.472 e. The van der Waals surface area contributed by atoms with Gasteiger partial charge in [-0.25, -0.2) is 9.13 Å². The van der Waals surface area contributed by atoms with Crippen molar-refractivity contribution in [2.75, 3.05) is 39.6 Å². The number of aliphatic hydroxyl groups excluding tert-OH is 3. The molecule has 0 fully saturated rings. The van der Waals surface area contributed by atoms with Crippen LogP contribution in [-0.4, -0.2) is 95.0 Å². The van der Waals surface area contributed by atoms with Gasteiger partial charge in [0.25, 0.3) is 0 Å². The number of ether oxygens (including phenoxy) is 2. The van der Waals surface area contributed by atoms with Crippen molar-refractivity contribution in [3.63, 3.8) is 0 Å². The lowest BCUT2D eigenvalue weighted by Gasteiger charge is -2.19. The Morgan fingerprint density at radius 3 is 0.929 bits per heavy atom. The van der Waals surface area contributed by atoms with Crippen LogP contribution >= 0.6 is 15.6 Å². The second-order valence-electron chi connectivity index (χ2n) is 17.2. The highest BCUT2D eigenvalue weighted by molar-refractivity contribution is 7.47. The lowest BCUT2D eigenvalue weighted by Crippen LogP contribution is -2.25. The quantitative estimate of drug-likeness (QED) is 0.0165. The molecule has 0 aromatic rings. The Balaban J connectivity index is 3.93. The zero-order valence-electron chi connectivity index (χ0n) is 42.7. The Bertz CT molecular complexity index is 1570. The summed E-state index contributed by atoms with van der Waals surface area (Å²) in [7, 11) is -9.60. The molecule has 0 amide bonds. The number of hydrogen-bond acceptors (Lipinski definition) is 13. The molecule has 70 heavy (non-hydrogen) atoms. The first-order valence-corrected chi connectivity index (χ1v) is 28.9. The van der Waals surface area contributed by atoms with Gasteiger partial charge in [0.2, 0.25) is 0 Å². The molecule has 0 radical (unpaired) electrons. The van der Waals surface area contributed by atoms with Gasteiger partial charge < -0.3 is 34.6 Å². The maximum Gasteiger partial charge on any atom is 0.472 e. The SMILES string of the molecule is CCCCC/C=C\C/C=C\C/C=C\C/C=C\CCCCCC(=O)OCC(O)COP(=O)(O)OCC(O)COP(=O)(O)OCC(O)COC(=O)CCCCCCCC/C=C\C/C=C\C/C=C\CCCCC. The molecule has 0 aliphatic rings. The fraction of sp³-hybridized carbons (Fsp3) is 0.698. The number of aliphatic hydroxyl groups is 3. The summed E-state index contributed by atoms with van der Waals surface area (Å²) in [6.07, 6.45) is 51.3. The van der Waals surface area contributed by atoms with E-state index in [-0.39, 0.29) is 12.8 Å². The van der Waals surface area contributed by atoms with Gasteiger partial charge >= 0.3 is 27.6 Å². The smallest absolute Gasteiger partial charge is 0.463 e. The topological polar surface area (TPSA) is 225 Å². The predicted molar refractivity (Wildman–Crippen MR) is 279 cm³/mol. The molecule has 0 rings (SSSR count). The Morgan fingerprint density at radius 1 is 0.371 bits per heavy atom. The predicted octanol–water partition coefficient (Wildman–Crippen LogP) is 12.5. The molecule has 404 valence electrons. The second-order valence-corrected chi connectivity index (χ2v) is 20.1. The average Bonchev–Trinajstić information content (AvgIpc) is 3.34. The molecule has 0 aromatic carbocycles. The van der Waals surface area contributed by atoms with Crippen LogP contribution in [0.3, 0.4) is 0 Å². The van der Waals surface area contributed by atoms with E-state index < -0.39 is 85.5 Å². The van der Waals surface area contributed by atoms with Crippen molar-refractivity contribution < 1.29 is 71.4 Å². The molecule has 0 aromatic heterocycles. The zero-order valence-corrected chi connectivity index (χ0v) is 44.4. The third-order valence-electron chi connectivity index (χ3n) is 10.3. The maximum atomic E-state index is 12.2. The van der Waals surface area contributed by atoms with E-state index in [1.807, 2.05) is 0 Å². The molecule has 0 saturated heterocycles. The first-order chi connectivity index (χ1) is 33.8. The third kappa shape index (κ3) is 50.2. The third-order valence-corrected chi connectivity index (χ3v) is 12.2. The van der Waals surface area contributed by atoms with Gasteiger partial charge in [0.1, 0.15) is 31.5 Å². The standard InChI is InChI=1S/C53H92O15P2/c1-3-5-7-9-11-13-15-17-19-21-23-25-27-29-31-33-35-37-39-41-52(57)63-43-49(54)45-65-69(59,60)67-47-51(56)48-68-70(61,62)66-46-50(55)44-64-53(58)42-40-38-36-34-32-30-28-26-24-22-20-18-16-14-12-10-8-6-4-2/h11-14,17-20,23-26,29,31,49-51,54-56H,3-10,15-16,21-22,27-28,30,32-48H2,1-2H3,(H,59,60)(H,61,62)/b13-11-,14-12-,19-17-,20-18-,25-23-,26-24-,31-29-. The van der Waals surface area contributed by atoms with E-state index in [0.29, 0.717) is 12.8 Å². The number of phosphoric acid groups is 2. The molecule has 0 heterocycles. The van der Waals surface area contributed by atoms with E-state index in [9.17, 15) is 43.8 Å². The van der Waals surface area contributed by atoms with Crippen molar-refractivity contribution in [2.24, 2.45) is 0 Å². The molecule has 0 spiro atoms. The first kappa shape index (κ1) is 67.2. The fourth-order valence-electron chi connectivity index (χ4n) is 6.26. The minimum absolute atomic E-state index is 0.155. The van der Waals surface area contributed by atoms with Crippen LogP contribution in [0.5, 0.6) is 0 Å². The summed E-state index contributed by atoms with van der Waals surface area (Å²) in [5, 5.41) is 30.1. The van der Waals surface area contributed by atoms with Gasteiger partial charge in [-0.05, 0) is 96.3 Å². The van der Waals surface area contributed by atoms with Crippen LogP contribution in [0.25, 0.3) is 0 Å². The van der Waals surface area contributed by atoms with Crippen LogP contribution in [-0.2, 0) is 46.3 Å². The summed E-state index contributed by atoms with van der Waals surface area (Å²) in [5.74, 6) is -1.04. The monoisotopic (exact) mass is 1030 g/mol. The van der Waals surface area contributed by atoms with E-state index in [0.717, 1.165) is 96.3 Å². The Hall–Kier alpha value is -2.78. The number of carbonyl (C=O) groups is 2. The zero-order chi connectivity index (χ0) is 51.7. The highest BCUT2D eigenvalue weighted by Crippen LogP contribution is 2.45. The molecule has 15 nitrogen and oxygen atoms in total. The van der Waals surface area contributed by atoms with Crippen LogP contribution in [0.15, 0.2) is 85.1 Å². The van der Waals surface area contributed by atoms with Gasteiger partial charge in [-0.15, -0.1) is 0 Å².